The van der Waals surface area contributed by atoms with Crippen molar-refractivity contribution in [1.29, 1.82) is 5.26 Å². The molecule has 1 fully saturated rings. The Balaban J connectivity index is 2.04. The monoisotopic (exact) mass is 446 g/mol. The van der Waals surface area contributed by atoms with Crippen molar-refractivity contribution < 1.29 is 0 Å². The number of rotatable bonds is 8. The molecule has 0 saturated carbocycles. The van der Waals surface area contributed by atoms with Gasteiger partial charge in [-0.3, -0.25) is 0 Å². The topological polar surface area (TPSA) is 71.0 Å². The summed E-state index contributed by atoms with van der Waals surface area (Å²) in [5.74, 6) is 2.40. The quantitative estimate of drug-likeness (QED) is 0.513. The molecule has 33 heavy (non-hydrogen) atoms. The van der Waals surface area contributed by atoms with E-state index in [4.69, 9.17) is 0 Å². The van der Waals surface area contributed by atoms with Gasteiger partial charge in [0.1, 0.15) is 17.7 Å². The van der Waals surface area contributed by atoms with Gasteiger partial charge < -0.3 is 20.1 Å². The summed E-state index contributed by atoms with van der Waals surface area (Å²) >= 11 is 0. The van der Waals surface area contributed by atoms with E-state index in [1.165, 1.54) is 5.70 Å². The van der Waals surface area contributed by atoms with Gasteiger partial charge in [-0.1, -0.05) is 26.0 Å². The number of nitriles is 1. The third-order valence-corrected chi connectivity index (χ3v) is 7.00. The number of anilines is 2. The van der Waals surface area contributed by atoms with Crippen molar-refractivity contribution in [2.45, 2.75) is 59.0 Å². The Hall–Kier alpha value is -3.20. The zero-order valence-corrected chi connectivity index (χ0v) is 20.9. The summed E-state index contributed by atoms with van der Waals surface area (Å²) in [5, 5.41) is 12.5. The standard InChI is InChI=1S/C27H38N6/c1-8-20(4)15-24(23-11-13-30-26(23)29-7)32-14-12-21(5)27(6,18-32)33(19(2)3)25-10-9-22(16-28)17-31-25/h9-11,13,15,17,19,21,29-30H,4,8,12,14,18H2,1-3,5-7H3/b24-15+. The van der Waals surface area contributed by atoms with E-state index in [0.29, 0.717) is 11.5 Å². The highest BCUT2D eigenvalue weighted by Crippen LogP contribution is 2.40. The van der Waals surface area contributed by atoms with Crippen molar-refractivity contribution in [3.8, 4) is 6.07 Å². The lowest BCUT2D eigenvalue weighted by Crippen LogP contribution is -2.63. The van der Waals surface area contributed by atoms with Gasteiger partial charge in [0.15, 0.2) is 0 Å². The number of nitrogens with zero attached hydrogens (tertiary/aromatic N) is 4. The molecule has 2 atom stereocenters. The normalized spacial score (nSPS) is 21.1. The molecule has 2 N–H and O–H groups in total. The molecule has 176 valence electrons. The number of allylic oxidation sites excluding steroid dienone is 2. The Morgan fingerprint density at radius 2 is 2.21 bits per heavy atom. The van der Waals surface area contributed by atoms with Crippen LogP contribution >= 0.6 is 0 Å². The number of aromatic amines is 1. The van der Waals surface area contributed by atoms with E-state index < -0.39 is 0 Å². The van der Waals surface area contributed by atoms with Crippen LogP contribution in [-0.2, 0) is 0 Å². The SMILES string of the molecule is C=C(/C=C(\c1cc[nH]c1NC)N1CCC(C)C(C)(N(c2ccc(C#N)cn2)C(C)C)C1)CC. The van der Waals surface area contributed by atoms with Crippen LogP contribution in [0.15, 0.2) is 48.8 Å². The van der Waals surface area contributed by atoms with Gasteiger partial charge in [-0.05, 0) is 63.8 Å². The predicted molar refractivity (Wildman–Crippen MR) is 138 cm³/mol. The summed E-state index contributed by atoms with van der Waals surface area (Å²) in [7, 11) is 1.95. The Bertz CT molecular complexity index is 1030. The van der Waals surface area contributed by atoms with Crippen LogP contribution in [0.5, 0.6) is 0 Å². The maximum absolute atomic E-state index is 9.21. The van der Waals surface area contributed by atoms with E-state index >= 15 is 0 Å². The van der Waals surface area contributed by atoms with Crippen molar-refractivity contribution >= 4 is 17.3 Å². The highest BCUT2D eigenvalue weighted by atomic mass is 15.3. The van der Waals surface area contributed by atoms with E-state index in [1.807, 2.05) is 25.4 Å². The summed E-state index contributed by atoms with van der Waals surface area (Å²) in [6.45, 7) is 17.4. The molecule has 0 aromatic carbocycles. The Morgan fingerprint density at radius 1 is 1.45 bits per heavy atom. The molecule has 0 amide bonds. The van der Waals surface area contributed by atoms with Crippen molar-refractivity contribution in [1.82, 2.24) is 14.9 Å². The number of aromatic nitrogens is 2. The van der Waals surface area contributed by atoms with Crippen LogP contribution in [-0.4, -0.2) is 46.6 Å². The summed E-state index contributed by atoms with van der Waals surface area (Å²) in [6.07, 6.45) is 7.88. The summed E-state index contributed by atoms with van der Waals surface area (Å²) in [6, 6.07) is 8.42. The summed E-state index contributed by atoms with van der Waals surface area (Å²) < 4.78 is 0. The molecule has 0 spiro atoms. The lowest BCUT2D eigenvalue weighted by atomic mass is 9.78. The number of H-pyrrole nitrogens is 1. The Labute approximate surface area is 199 Å². The molecule has 1 aliphatic heterocycles. The molecule has 2 unspecified atom stereocenters. The molecule has 6 heteroatoms. The molecule has 0 radical (unpaired) electrons. The molecule has 1 aliphatic rings. The van der Waals surface area contributed by atoms with E-state index in [-0.39, 0.29) is 11.6 Å². The lowest BCUT2D eigenvalue weighted by Gasteiger charge is -2.54. The fourth-order valence-corrected chi connectivity index (χ4v) is 4.94. The second-order valence-corrected chi connectivity index (χ2v) is 9.51. The number of piperidine rings is 1. The summed E-state index contributed by atoms with van der Waals surface area (Å²) in [4.78, 5) is 12.9. The molecule has 3 heterocycles. The zero-order chi connectivity index (χ0) is 24.2. The average Bonchev–Trinajstić information content (AvgIpc) is 3.28. The molecule has 6 nitrogen and oxygen atoms in total. The molecular weight excluding hydrogens is 408 g/mol. The maximum Gasteiger partial charge on any atom is 0.129 e. The van der Waals surface area contributed by atoms with Gasteiger partial charge in [0, 0.05) is 49.8 Å². The first-order chi connectivity index (χ1) is 15.7. The minimum atomic E-state index is -0.143. The van der Waals surface area contributed by atoms with Crippen molar-refractivity contribution in [3.63, 3.8) is 0 Å². The van der Waals surface area contributed by atoms with Crippen LogP contribution < -0.4 is 10.2 Å². The van der Waals surface area contributed by atoms with Gasteiger partial charge in [-0.15, -0.1) is 0 Å². The smallest absolute Gasteiger partial charge is 0.129 e. The number of hydrogen-bond donors (Lipinski definition) is 2. The second kappa shape index (κ2) is 10.2. The molecule has 1 saturated heterocycles. The van der Waals surface area contributed by atoms with Crippen LogP contribution in [0.2, 0.25) is 0 Å². The maximum atomic E-state index is 9.21. The number of likely N-dealkylation sites (tertiary alicyclic amines) is 1. The molecule has 0 bridgehead atoms. The molecule has 2 aromatic rings. The Morgan fingerprint density at radius 3 is 2.79 bits per heavy atom. The fraction of sp³-hybridized carbons (Fsp3) is 0.481. The van der Waals surface area contributed by atoms with Crippen molar-refractivity contribution in [2.75, 3.05) is 30.4 Å². The molecule has 2 aromatic heterocycles. The van der Waals surface area contributed by atoms with E-state index in [0.717, 1.165) is 48.7 Å². The second-order valence-electron chi connectivity index (χ2n) is 9.51. The van der Waals surface area contributed by atoms with Crippen molar-refractivity contribution in [2.24, 2.45) is 5.92 Å². The first-order valence-electron chi connectivity index (χ1n) is 11.9. The average molecular weight is 447 g/mol. The van der Waals surface area contributed by atoms with Gasteiger partial charge in [-0.2, -0.15) is 5.26 Å². The highest BCUT2D eigenvalue weighted by molar-refractivity contribution is 5.75. The number of hydrogen-bond acceptors (Lipinski definition) is 5. The molecule has 0 aliphatic carbocycles. The fourth-order valence-electron chi connectivity index (χ4n) is 4.94. The van der Waals surface area contributed by atoms with Gasteiger partial charge in [0.25, 0.3) is 0 Å². The van der Waals surface area contributed by atoms with Crippen LogP contribution in [0.3, 0.4) is 0 Å². The largest absolute Gasteiger partial charge is 0.374 e. The van der Waals surface area contributed by atoms with Gasteiger partial charge in [-0.25, -0.2) is 4.98 Å². The van der Waals surface area contributed by atoms with Crippen LogP contribution in [0.4, 0.5) is 11.6 Å². The number of pyridine rings is 1. The summed E-state index contributed by atoms with van der Waals surface area (Å²) in [5.41, 5.74) is 3.92. The molecule has 3 rings (SSSR count). The van der Waals surface area contributed by atoms with Gasteiger partial charge in [0.2, 0.25) is 0 Å². The van der Waals surface area contributed by atoms with E-state index in [2.05, 4.69) is 84.5 Å². The third kappa shape index (κ3) is 4.93. The lowest BCUT2D eigenvalue weighted by molar-refractivity contribution is 0.143. The van der Waals surface area contributed by atoms with Gasteiger partial charge >= 0.3 is 0 Å². The predicted octanol–water partition coefficient (Wildman–Crippen LogP) is 5.65. The molecular formula is C27H38N6. The highest BCUT2D eigenvalue weighted by Gasteiger charge is 2.44. The van der Waals surface area contributed by atoms with Crippen LogP contribution in [0.1, 0.15) is 58.6 Å². The first kappa shape index (κ1) is 24.4. The zero-order valence-electron chi connectivity index (χ0n) is 20.9. The third-order valence-electron chi connectivity index (χ3n) is 7.00. The van der Waals surface area contributed by atoms with Crippen molar-refractivity contribution in [3.05, 3.63) is 59.9 Å². The van der Waals surface area contributed by atoms with Crippen LogP contribution in [0.25, 0.3) is 5.70 Å². The number of nitrogens with one attached hydrogen (secondary N) is 2. The van der Waals surface area contributed by atoms with E-state index in [9.17, 15) is 5.26 Å². The first-order valence-corrected chi connectivity index (χ1v) is 11.9. The minimum absolute atomic E-state index is 0.143. The Kier molecular flexibility index (Phi) is 7.53. The van der Waals surface area contributed by atoms with E-state index in [1.54, 1.807) is 6.20 Å². The van der Waals surface area contributed by atoms with Crippen LogP contribution in [0, 0.1) is 17.2 Å². The minimum Gasteiger partial charge on any atom is -0.374 e. The van der Waals surface area contributed by atoms with Gasteiger partial charge in [0.05, 0.1) is 11.1 Å².